The van der Waals surface area contributed by atoms with Gasteiger partial charge < -0.3 is 20.3 Å². The smallest absolute Gasteiger partial charge is 0.308 e. The number of β-amino-alcohol motifs (C(OH)–C–C–N with tert-alkyl or cyclic N) is 1. The molecule has 1 saturated carbocycles. The number of nitrogens with one attached hydrogen (secondary N) is 1. The van der Waals surface area contributed by atoms with E-state index in [1.165, 1.54) is 0 Å². The molecule has 1 fully saturated rings. The molecule has 124 valence electrons. The van der Waals surface area contributed by atoms with Gasteiger partial charge in [0.15, 0.2) is 0 Å². The Labute approximate surface area is 128 Å². The van der Waals surface area contributed by atoms with Crippen molar-refractivity contribution in [1.29, 1.82) is 0 Å². The summed E-state index contributed by atoms with van der Waals surface area (Å²) in [6.07, 6.45) is 2.46. The SMILES string of the molecule is CCOC(=O)C1CCC(O)(CNC(C)(C)C(C)(C)O)CC1. The Hall–Kier alpha value is -0.650. The number of hydrogen-bond acceptors (Lipinski definition) is 5. The Kier molecular flexibility index (Phi) is 5.81. The average Bonchev–Trinajstić information content (AvgIpc) is 2.36. The summed E-state index contributed by atoms with van der Waals surface area (Å²) in [6.45, 7) is 9.96. The number of rotatable bonds is 6. The van der Waals surface area contributed by atoms with Crippen molar-refractivity contribution in [3.05, 3.63) is 0 Å². The van der Waals surface area contributed by atoms with Crippen molar-refractivity contribution >= 4 is 5.97 Å². The Morgan fingerprint density at radius 3 is 2.24 bits per heavy atom. The van der Waals surface area contributed by atoms with Crippen LogP contribution in [0.15, 0.2) is 0 Å². The van der Waals surface area contributed by atoms with E-state index in [2.05, 4.69) is 5.32 Å². The lowest BCUT2D eigenvalue weighted by atomic mass is 9.77. The van der Waals surface area contributed by atoms with Gasteiger partial charge in [-0.25, -0.2) is 0 Å². The van der Waals surface area contributed by atoms with Crippen LogP contribution in [0.4, 0.5) is 0 Å². The van der Waals surface area contributed by atoms with Crippen LogP contribution in [-0.2, 0) is 9.53 Å². The van der Waals surface area contributed by atoms with E-state index in [4.69, 9.17) is 4.74 Å². The number of hydrogen-bond donors (Lipinski definition) is 3. The molecule has 0 bridgehead atoms. The molecule has 3 N–H and O–H groups in total. The maximum Gasteiger partial charge on any atom is 0.308 e. The lowest BCUT2D eigenvalue weighted by molar-refractivity contribution is -0.151. The fourth-order valence-corrected chi connectivity index (χ4v) is 2.43. The molecule has 0 aliphatic heterocycles. The molecular formula is C16H31NO4. The van der Waals surface area contributed by atoms with Crippen LogP contribution >= 0.6 is 0 Å². The predicted molar refractivity (Wildman–Crippen MR) is 81.9 cm³/mol. The molecular weight excluding hydrogens is 270 g/mol. The van der Waals surface area contributed by atoms with Crippen LogP contribution in [0.3, 0.4) is 0 Å². The Morgan fingerprint density at radius 2 is 1.81 bits per heavy atom. The van der Waals surface area contributed by atoms with Gasteiger partial charge in [0.05, 0.1) is 23.7 Å². The topological polar surface area (TPSA) is 78.8 Å². The van der Waals surface area contributed by atoms with Crippen LogP contribution in [0.5, 0.6) is 0 Å². The zero-order valence-electron chi connectivity index (χ0n) is 14.0. The molecule has 0 amide bonds. The maximum atomic E-state index is 11.7. The molecule has 0 atom stereocenters. The van der Waals surface area contributed by atoms with Gasteiger partial charge in [0.1, 0.15) is 0 Å². The van der Waals surface area contributed by atoms with E-state index in [0.717, 1.165) is 0 Å². The van der Waals surface area contributed by atoms with Gasteiger partial charge in [-0.2, -0.15) is 0 Å². The van der Waals surface area contributed by atoms with Gasteiger partial charge in [-0.1, -0.05) is 0 Å². The largest absolute Gasteiger partial charge is 0.466 e. The van der Waals surface area contributed by atoms with Gasteiger partial charge in [0.2, 0.25) is 0 Å². The predicted octanol–water partition coefficient (Wildman–Crippen LogP) is 1.61. The zero-order valence-corrected chi connectivity index (χ0v) is 14.0. The quantitative estimate of drug-likeness (QED) is 0.650. The first kappa shape index (κ1) is 18.4. The maximum absolute atomic E-state index is 11.7. The summed E-state index contributed by atoms with van der Waals surface area (Å²) < 4.78 is 5.04. The Balaban J connectivity index is 2.50. The van der Waals surface area contributed by atoms with E-state index >= 15 is 0 Å². The Morgan fingerprint density at radius 1 is 1.29 bits per heavy atom. The summed E-state index contributed by atoms with van der Waals surface area (Å²) in [5.41, 5.74) is -2.20. The minimum atomic E-state index is -0.883. The van der Waals surface area contributed by atoms with Crippen LogP contribution < -0.4 is 5.32 Å². The molecule has 1 rings (SSSR count). The lowest BCUT2D eigenvalue weighted by Gasteiger charge is -2.42. The second-order valence-electron chi connectivity index (χ2n) is 7.29. The summed E-state index contributed by atoms with van der Waals surface area (Å²) in [7, 11) is 0. The van der Waals surface area contributed by atoms with E-state index in [-0.39, 0.29) is 11.9 Å². The van der Waals surface area contributed by atoms with Gasteiger partial charge >= 0.3 is 5.97 Å². The molecule has 0 unspecified atom stereocenters. The summed E-state index contributed by atoms with van der Waals surface area (Å²) in [5, 5.41) is 24.0. The van der Waals surface area contributed by atoms with Crippen LogP contribution in [0, 0.1) is 5.92 Å². The van der Waals surface area contributed by atoms with E-state index in [1.54, 1.807) is 20.8 Å². The first-order chi connectivity index (χ1) is 9.51. The zero-order chi connectivity index (χ0) is 16.3. The highest BCUT2D eigenvalue weighted by molar-refractivity contribution is 5.72. The van der Waals surface area contributed by atoms with Crippen LogP contribution in [0.1, 0.15) is 60.3 Å². The van der Waals surface area contributed by atoms with Gasteiger partial charge in [-0.05, 0) is 60.3 Å². The van der Waals surface area contributed by atoms with Crippen molar-refractivity contribution in [3.63, 3.8) is 0 Å². The fourth-order valence-electron chi connectivity index (χ4n) is 2.43. The standard InChI is InChI=1S/C16H31NO4/c1-6-21-13(18)12-7-9-16(20,10-8-12)11-17-14(2,3)15(4,5)19/h12,17,19-20H,6-11H2,1-5H3. The second-order valence-corrected chi connectivity index (χ2v) is 7.29. The van der Waals surface area contributed by atoms with Crippen LogP contribution in [-0.4, -0.2) is 46.1 Å². The summed E-state index contributed by atoms with van der Waals surface area (Å²) in [6, 6.07) is 0. The van der Waals surface area contributed by atoms with Gasteiger partial charge in [-0.15, -0.1) is 0 Å². The minimum absolute atomic E-state index is 0.0903. The van der Waals surface area contributed by atoms with Crippen LogP contribution in [0.2, 0.25) is 0 Å². The van der Waals surface area contributed by atoms with Gasteiger partial charge in [0, 0.05) is 12.1 Å². The first-order valence-electron chi connectivity index (χ1n) is 7.87. The van der Waals surface area contributed by atoms with Crippen molar-refractivity contribution < 1.29 is 19.7 Å². The van der Waals surface area contributed by atoms with Crippen molar-refractivity contribution in [2.75, 3.05) is 13.2 Å². The number of carbonyl (C=O) groups excluding carboxylic acids is 1. The molecule has 5 heteroatoms. The van der Waals surface area contributed by atoms with E-state index in [0.29, 0.717) is 38.8 Å². The molecule has 0 aromatic rings. The molecule has 0 aromatic carbocycles. The molecule has 0 spiro atoms. The van der Waals surface area contributed by atoms with Gasteiger partial charge in [-0.3, -0.25) is 4.79 Å². The molecule has 21 heavy (non-hydrogen) atoms. The second kappa shape index (κ2) is 6.63. The molecule has 0 aromatic heterocycles. The van der Waals surface area contributed by atoms with Crippen molar-refractivity contribution in [2.45, 2.75) is 77.0 Å². The molecule has 0 radical (unpaired) electrons. The third-order valence-electron chi connectivity index (χ3n) is 4.93. The molecule has 1 aliphatic rings. The van der Waals surface area contributed by atoms with Crippen molar-refractivity contribution in [2.24, 2.45) is 5.92 Å². The number of aliphatic hydroxyl groups is 2. The van der Waals surface area contributed by atoms with Crippen LogP contribution in [0.25, 0.3) is 0 Å². The molecule has 0 saturated heterocycles. The van der Waals surface area contributed by atoms with Crippen molar-refractivity contribution in [3.8, 4) is 0 Å². The highest BCUT2D eigenvalue weighted by atomic mass is 16.5. The molecule has 0 heterocycles. The van der Waals surface area contributed by atoms with E-state index in [1.807, 2.05) is 13.8 Å². The van der Waals surface area contributed by atoms with E-state index < -0.39 is 16.7 Å². The highest BCUT2D eigenvalue weighted by Gasteiger charge is 2.40. The van der Waals surface area contributed by atoms with Crippen molar-refractivity contribution in [1.82, 2.24) is 5.32 Å². The number of esters is 1. The van der Waals surface area contributed by atoms with Gasteiger partial charge in [0.25, 0.3) is 0 Å². The summed E-state index contributed by atoms with van der Waals surface area (Å²) in [4.78, 5) is 11.7. The lowest BCUT2D eigenvalue weighted by Crippen LogP contribution is -2.59. The first-order valence-corrected chi connectivity index (χ1v) is 7.87. The Bertz CT molecular complexity index is 352. The summed E-state index contributed by atoms with van der Waals surface area (Å²) in [5.74, 6) is -0.239. The highest BCUT2D eigenvalue weighted by Crippen LogP contribution is 2.33. The minimum Gasteiger partial charge on any atom is -0.466 e. The third-order valence-corrected chi connectivity index (χ3v) is 4.93. The number of carbonyl (C=O) groups is 1. The monoisotopic (exact) mass is 301 g/mol. The average molecular weight is 301 g/mol. The van der Waals surface area contributed by atoms with E-state index in [9.17, 15) is 15.0 Å². The molecule has 5 nitrogen and oxygen atoms in total. The normalized spacial score (nSPS) is 27.5. The number of ether oxygens (including phenoxy) is 1. The molecule has 1 aliphatic carbocycles. The third kappa shape index (κ3) is 4.94. The fraction of sp³-hybridized carbons (Fsp3) is 0.938. The summed E-state index contributed by atoms with van der Waals surface area (Å²) >= 11 is 0.